The first kappa shape index (κ1) is 16.8. The Morgan fingerprint density at radius 2 is 1.80 bits per heavy atom. The average Bonchev–Trinajstić information content (AvgIpc) is 2.98. The minimum absolute atomic E-state index is 0.104. The number of fused-ring (bicyclic) bond motifs is 1. The number of nitrogens with zero attached hydrogens (tertiary/aromatic N) is 1. The van der Waals surface area contributed by atoms with Gasteiger partial charge in [0.25, 0.3) is 11.8 Å². The zero-order valence-electron chi connectivity index (χ0n) is 14.8. The normalized spacial score (nSPS) is 10.7. The number of carbonyl (C=O) groups is 2. The number of aromatic nitrogens is 1. The lowest BCUT2D eigenvalue weighted by Crippen LogP contribution is -2.22. The highest BCUT2D eigenvalue weighted by atomic mass is 16.2. The van der Waals surface area contributed by atoms with Crippen LogP contribution < -0.4 is 5.32 Å². The van der Waals surface area contributed by atoms with Gasteiger partial charge in [-0.15, -0.1) is 0 Å². The summed E-state index contributed by atoms with van der Waals surface area (Å²) in [4.78, 5) is 29.3. The van der Waals surface area contributed by atoms with E-state index in [2.05, 4.69) is 16.4 Å². The third-order valence-electron chi connectivity index (χ3n) is 4.11. The lowest BCUT2D eigenvalue weighted by atomic mass is 10.1. The standard InChI is InChI=1S/C20H21N3O2/c1-12-8-13(2)16-11-18(22-17(16)9-12)19(24)21-15-7-5-6-14(10-15)20(25)23(3)4/h5-11,22H,1-4H3,(H,21,24). The first-order valence-electron chi connectivity index (χ1n) is 8.08. The fourth-order valence-corrected chi connectivity index (χ4v) is 2.91. The summed E-state index contributed by atoms with van der Waals surface area (Å²) in [7, 11) is 3.39. The molecular weight excluding hydrogens is 314 g/mol. The summed E-state index contributed by atoms with van der Waals surface area (Å²) in [6, 6.07) is 12.9. The Morgan fingerprint density at radius 1 is 1.04 bits per heavy atom. The number of aryl methyl sites for hydroxylation is 2. The number of rotatable bonds is 3. The fraction of sp³-hybridized carbons (Fsp3) is 0.200. The molecule has 2 amide bonds. The minimum atomic E-state index is -0.234. The van der Waals surface area contributed by atoms with Crippen molar-refractivity contribution in [3.8, 4) is 0 Å². The van der Waals surface area contributed by atoms with Crippen molar-refractivity contribution < 1.29 is 9.59 Å². The Labute approximate surface area is 146 Å². The van der Waals surface area contributed by atoms with Gasteiger partial charge >= 0.3 is 0 Å². The van der Waals surface area contributed by atoms with Crippen molar-refractivity contribution >= 4 is 28.4 Å². The van der Waals surface area contributed by atoms with E-state index in [-0.39, 0.29) is 11.8 Å². The van der Waals surface area contributed by atoms with E-state index < -0.39 is 0 Å². The van der Waals surface area contributed by atoms with E-state index in [4.69, 9.17) is 0 Å². The number of anilines is 1. The van der Waals surface area contributed by atoms with Gasteiger partial charge in [0.1, 0.15) is 5.69 Å². The third kappa shape index (κ3) is 3.40. The molecule has 3 rings (SSSR count). The molecular formula is C20H21N3O2. The van der Waals surface area contributed by atoms with Crippen molar-refractivity contribution in [2.45, 2.75) is 13.8 Å². The Hall–Kier alpha value is -3.08. The molecule has 0 aliphatic rings. The quantitative estimate of drug-likeness (QED) is 0.766. The second-order valence-corrected chi connectivity index (χ2v) is 6.46. The van der Waals surface area contributed by atoms with E-state index in [0.29, 0.717) is 16.9 Å². The van der Waals surface area contributed by atoms with Gasteiger partial charge in [-0.05, 0) is 55.3 Å². The third-order valence-corrected chi connectivity index (χ3v) is 4.11. The van der Waals surface area contributed by atoms with E-state index in [1.807, 2.05) is 26.0 Å². The average molecular weight is 335 g/mol. The van der Waals surface area contributed by atoms with Crippen LogP contribution in [0.4, 0.5) is 5.69 Å². The number of H-pyrrole nitrogens is 1. The molecule has 0 atom stereocenters. The van der Waals surface area contributed by atoms with Gasteiger partial charge in [-0.25, -0.2) is 0 Å². The smallest absolute Gasteiger partial charge is 0.272 e. The summed E-state index contributed by atoms with van der Waals surface area (Å²) in [5.41, 5.74) is 4.83. The van der Waals surface area contributed by atoms with Crippen LogP contribution in [0.25, 0.3) is 10.9 Å². The number of nitrogens with one attached hydrogen (secondary N) is 2. The van der Waals surface area contributed by atoms with Crippen molar-refractivity contribution in [3.63, 3.8) is 0 Å². The van der Waals surface area contributed by atoms with Gasteiger partial charge in [-0.2, -0.15) is 0 Å². The van der Waals surface area contributed by atoms with E-state index in [1.165, 1.54) is 4.90 Å². The van der Waals surface area contributed by atoms with E-state index >= 15 is 0 Å². The number of amides is 2. The molecule has 2 N–H and O–H groups in total. The molecule has 0 saturated heterocycles. The Balaban J connectivity index is 1.86. The summed E-state index contributed by atoms with van der Waals surface area (Å²) in [6.45, 7) is 4.06. The first-order valence-corrected chi connectivity index (χ1v) is 8.08. The summed E-state index contributed by atoms with van der Waals surface area (Å²) in [5, 5.41) is 3.88. The van der Waals surface area contributed by atoms with Crippen LogP contribution in [0.5, 0.6) is 0 Å². The SMILES string of the molecule is Cc1cc(C)c2cc(C(=O)Nc3cccc(C(=O)N(C)C)c3)[nH]c2c1. The maximum atomic E-state index is 12.6. The van der Waals surface area contributed by atoms with E-state index in [1.54, 1.807) is 38.4 Å². The molecule has 2 aromatic carbocycles. The molecule has 1 aromatic heterocycles. The fourth-order valence-electron chi connectivity index (χ4n) is 2.91. The maximum absolute atomic E-state index is 12.6. The summed E-state index contributed by atoms with van der Waals surface area (Å²) >= 11 is 0. The highest BCUT2D eigenvalue weighted by Gasteiger charge is 2.13. The topological polar surface area (TPSA) is 65.2 Å². The molecule has 128 valence electrons. The number of aromatic amines is 1. The second kappa shape index (κ2) is 6.43. The molecule has 0 radical (unpaired) electrons. The van der Waals surface area contributed by atoms with Crippen LogP contribution in [-0.2, 0) is 0 Å². The summed E-state index contributed by atoms with van der Waals surface area (Å²) in [6.07, 6.45) is 0. The Morgan fingerprint density at radius 3 is 2.52 bits per heavy atom. The van der Waals surface area contributed by atoms with Gasteiger partial charge in [0, 0.05) is 36.2 Å². The van der Waals surface area contributed by atoms with Crippen molar-refractivity contribution in [1.82, 2.24) is 9.88 Å². The van der Waals surface area contributed by atoms with Crippen LogP contribution in [0.2, 0.25) is 0 Å². The maximum Gasteiger partial charge on any atom is 0.272 e. The zero-order chi connectivity index (χ0) is 18.1. The molecule has 0 aliphatic carbocycles. The highest BCUT2D eigenvalue weighted by Crippen LogP contribution is 2.22. The van der Waals surface area contributed by atoms with E-state index in [9.17, 15) is 9.59 Å². The van der Waals surface area contributed by atoms with Crippen molar-refractivity contribution in [2.24, 2.45) is 0 Å². The summed E-state index contributed by atoms with van der Waals surface area (Å²) in [5.74, 6) is -0.337. The second-order valence-electron chi connectivity index (χ2n) is 6.46. The predicted molar refractivity (Wildman–Crippen MR) is 100 cm³/mol. The molecule has 0 saturated carbocycles. The number of carbonyl (C=O) groups excluding carboxylic acids is 2. The molecule has 5 nitrogen and oxygen atoms in total. The molecule has 5 heteroatoms. The van der Waals surface area contributed by atoms with Crippen LogP contribution in [-0.4, -0.2) is 35.8 Å². The van der Waals surface area contributed by atoms with Crippen LogP contribution >= 0.6 is 0 Å². The van der Waals surface area contributed by atoms with Gasteiger partial charge in [-0.3, -0.25) is 9.59 Å². The minimum Gasteiger partial charge on any atom is -0.351 e. The molecule has 0 spiro atoms. The lowest BCUT2D eigenvalue weighted by Gasteiger charge is -2.11. The molecule has 1 heterocycles. The first-order chi connectivity index (χ1) is 11.8. The van der Waals surface area contributed by atoms with E-state index in [0.717, 1.165) is 22.0 Å². The Kier molecular flexibility index (Phi) is 4.31. The van der Waals surface area contributed by atoms with Crippen molar-refractivity contribution in [2.75, 3.05) is 19.4 Å². The van der Waals surface area contributed by atoms with Crippen LogP contribution in [0, 0.1) is 13.8 Å². The lowest BCUT2D eigenvalue weighted by molar-refractivity contribution is 0.0827. The number of hydrogen-bond acceptors (Lipinski definition) is 2. The van der Waals surface area contributed by atoms with Gasteiger partial charge in [0.05, 0.1) is 0 Å². The predicted octanol–water partition coefficient (Wildman–Crippen LogP) is 3.74. The van der Waals surface area contributed by atoms with Crippen LogP contribution in [0.1, 0.15) is 32.0 Å². The molecule has 25 heavy (non-hydrogen) atoms. The molecule has 0 fully saturated rings. The molecule has 0 aliphatic heterocycles. The Bertz CT molecular complexity index is 970. The van der Waals surface area contributed by atoms with Gasteiger partial charge in [-0.1, -0.05) is 12.1 Å². The van der Waals surface area contributed by atoms with Crippen molar-refractivity contribution in [1.29, 1.82) is 0 Å². The zero-order valence-corrected chi connectivity index (χ0v) is 14.8. The molecule has 0 unspecified atom stereocenters. The van der Waals surface area contributed by atoms with Gasteiger partial charge in [0.15, 0.2) is 0 Å². The monoisotopic (exact) mass is 335 g/mol. The highest BCUT2D eigenvalue weighted by molar-refractivity contribution is 6.07. The van der Waals surface area contributed by atoms with Crippen LogP contribution in [0.15, 0.2) is 42.5 Å². The van der Waals surface area contributed by atoms with Gasteiger partial charge in [0.2, 0.25) is 0 Å². The largest absolute Gasteiger partial charge is 0.351 e. The number of benzene rings is 2. The molecule has 3 aromatic rings. The number of hydrogen-bond donors (Lipinski definition) is 2. The van der Waals surface area contributed by atoms with Gasteiger partial charge < -0.3 is 15.2 Å². The molecule has 0 bridgehead atoms. The van der Waals surface area contributed by atoms with Crippen LogP contribution in [0.3, 0.4) is 0 Å². The summed E-state index contributed by atoms with van der Waals surface area (Å²) < 4.78 is 0. The van der Waals surface area contributed by atoms with Crippen molar-refractivity contribution in [3.05, 3.63) is 64.8 Å².